The van der Waals surface area contributed by atoms with E-state index in [1.807, 2.05) is 19.4 Å². The zero-order valence-electron chi connectivity index (χ0n) is 11.8. The monoisotopic (exact) mass is 265 g/mol. The molecule has 19 heavy (non-hydrogen) atoms. The largest absolute Gasteiger partial charge is 0.480 e. The van der Waals surface area contributed by atoms with Crippen LogP contribution in [0, 0.1) is 0 Å². The molecule has 5 heteroatoms. The van der Waals surface area contributed by atoms with Gasteiger partial charge in [0.15, 0.2) is 0 Å². The molecule has 0 spiro atoms. The minimum absolute atomic E-state index is 0.657. The van der Waals surface area contributed by atoms with Crippen molar-refractivity contribution in [2.45, 2.75) is 58.2 Å². The van der Waals surface area contributed by atoms with Gasteiger partial charge in [-0.15, -0.1) is 0 Å². The summed E-state index contributed by atoms with van der Waals surface area (Å²) in [5, 5.41) is 9.57. The van der Waals surface area contributed by atoms with Crippen LogP contribution in [0.3, 0.4) is 0 Å². The Bertz CT molecular complexity index is 444. The summed E-state index contributed by atoms with van der Waals surface area (Å²) in [4.78, 5) is 17.9. The maximum Gasteiger partial charge on any atom is 0.324 e. The van der Waals surface area contributed by atoms with Crippen LogP contribution in [0.25, 0.3) is 0 Å². The molecule has 0 aromatic carbocycles. The number of rotatable bonds is 6. The molecule has 0 radical (unpaired) electrons. The van der Waals surface area contributed by atoms with Crippen molar-refractivity contribution in [3.63, 3.8) is 0 Å². The molecule has 0 aliphatic carbocycles. The highest BCUT2D eigenvalue weighted by Crippen LogP contribution is 2.34. The zero-order valence-corrected chi connectivity index (χ0v) is 11.8. The van der Waals surface area contributed by atoms with Gasteiger partial charge in [-0.3, -0.25) is 9.69 Å². The molecule has 106 valence electrons. The van der Waals surface area contributed by atoms with Crippen molar-refractivity contribution in [2.75, 3.05) is 6.54 Å². The molecule has 1 fully saturated rings. The number of hydrogen-bond acceptors (Lipinski definition) is 3. The average Bonchev–Trinajstić information content (AvgIpc) is 2.98. The van der Waals surface area contributed by atoms with Gasteiger partial charge in [0.05, 0.1) is 12.0 Å². The third kappa shape index (κ3) is 2.52. The first-order valence-corrected chi connectivity index (χ1v) is 7.11. The Labute approximate surface area is 114 Å². The molecular formula is C14H23N3O2. The number of carbonyl (C=O) groups is 1. The number of aliphatic carboxylic acids is 1. The van der Waals surface area contributed by atoms with Crippen molar-refractivity contribution in [3.05, 3.63) is 18.2 Å². The molecule has 1 aliphatic rings. The van der Waals surface area contributed by atoms with Crippen LogP contribution in [0.4, 0.5) is 0 Å². The van der Waals surface area contributed by atoms with Gasteiger partial charge in [-0.2, -0.15) is 0 Å². The van der Waals surface area contributed by atoms with Crippen molar-refractivity contribution < 1.29 is 9.90 Å². The average molecular weight is 265 g/mol. The standard InChI is InChI=1S/C14H23N3O2/c1-3-7-16-11-15-9-12(16)10-17-8-5-6-14(17,4-2)13(18)19/h9,11H,3-8,10H2,1-2H3,(H,18,19). The predicted octanol–water partition coefficient (Wildman–Crippen LogP) is 2.12. The van der Waals surface area contributed by atoms with Gasteiger partial charge < -0.3 is 9.67 Å². The summed E-state index contributed by atoms with van der Waals surface area (Å²) in [6, 6.07) is 0. The van der Waals surface area contributed by atoms with Gasteiger partial charge >= 0.3 is 5.97 Å². The van der Waals surface area contributed by atoms with Crippen LogP contribution in [0.1, 0.15) is 45.2 Å². The normalized spacial score (nSPS) is 23.9. The first-order valence-electron chi connectivity index (χ1n) is 7.11. The summed E-state index contributed by atoms with van der Waals surface area (Å²) < 4.78 is 2.13. The molecule has 5 nitrogen and oxygen atoms in total. The lowest BCUT2D eigenvalue weighted by molar-refractivity contribution is -0.150. The zero-order chi connectivity index (χ0) is 13.9. The van der Waals surface area contributed by atoms with E-state index >= 15 is 0 Å². The number of carboxylic acids is 1. The molecule has 0 amide bonds. The topological polar surface area (TPSA) is 58.4 Å². The van der Waals surface area contributed by atoms with Crippen molar-refractivity contribution in [2.24, 2.45) is 0 Å². The smallest absolute Gasteiger partial charge is 0.324 e. The summed E-state index contributed by atoms with van der Waals surface area (Å²) in [5.41, 5.74) is 0.434. The molecule has 1 aliphatic heterocycles. The molecule has 1 aromatic heterocycles. The summed E-state index contributed by atoms with van der Waals surface area (Å²) >= 11 is 0. The molecule has 0 saturated carbocycles. The summed E-state index contributed by atoms with van der Waals surface area (Å²) in [6.45, 7) is 6.58. The second kappa shape index (κ2) is 5.74. The van der Waals surface area contributed by atoms with Gasteiger partial charge in [0.2, 0.25) is 0 Å². The number of aromatic nitrogens is 2. The Balaban J connectivity index is 2.17. The molecule has 1 atom stereocenters. The number of hydrogen-bond donors (Lipinski definition) is 1. The highest BCUT2D eigenvalue weighted by Gasteiger charge is 2.46. The first-order chi connectivity index (χ1) is 9.14. The number of imidazole rings is 1. The van der Waals surface area contributed by atoms with Crippen molar-refractivity contribution >= 4 is 5.97 Å². The number of nitrogens with zero attached hydrogens (tertiary/aromatic N) is 3. The Morgan fingerprint density at radius 1 is 1.53 bits per heavy atom. The third-order valence-corrected chi connectivity index (χ3v) is 4.22. The molecule has 1 unspecified atom stereocenters. The minimum atomic E-state index is -0.686. The summed E-state index contributed by atoms with van der Waals surface area (Å²) in [5.74, 6) is -0.686. The maximum atomic E-state index is 11.6. The fourth-order valence-corrected chi connectivity index (χ4v) is 3.08. The van der Waals surface area contributed by atoms with Crippen LogP contribution in [0.5, 0.6) is 0 Å². The molecule has 0 bridgehead atoms. The van der Waals surface area contributed by atoms with Crippen LogP contribution in [0.2, 0.25) is 0 Å². The van der Waals surface area contributed by atoms with E-state index in [9.17, 15) is 9.90 Å². The van der Waals surface area contributed by atoms with Gasteiger partial charge in [-0.25, -0.2) is 4.98 Å². The third-order valence-electron chi connectivity index (χ3n) is 4.22. The van der Waals surface area contributed by atoms with Gasteiger partial charge in [0.25, 0.3) is 0 Å². The van der Waals surface area contributed by atoms with E-state index in [0.29, 0.717) is 13.0 Å². The van der Waals surface area contributed by atoms with Crippen molar-refractivity contribution in [3.8, 4) is 0 Å². The van der Waals surface area contributed by atoms with Gasteiger partial charge in [-0.1, -0.05) is 13.8 Å². The van der Waals surface area contributed by atoms with E-state index in [2.05, 4.69) is 21.4 Å². The SMILES string of the molecule is CCCn1cncc1CN1CCCC1(CC)C(=O)O. The second-order valence-electron chi connectivity index (χ2n) is 5.29. The predicted molar refractivity (Wildman–Crippen MR) is 72.8 cm³/mol. The molecule has 1 N–H and O–H groups in total. The Hall–Kier alpha value is -1.36. The molecule has 2 rings (SSSR count). The summed E-state index contributed by atoms with van der Waals surface area (Å²) in [7, 11) is 0. The number of likely N-dealkylation sites (tertiary alicyclic amines) is 1. The van der Waals surface area contributed by atoms with Crippen LogP contribution >= 0.6 is 0 Å². The van der Waals surface area contributed by atoms with E-state index in [1.165, 1.54) is 0 Å². The quantitative estimate of drug-likeness (QED) is 0.856. The lowest BCUT2D eigenvalue weighted by atomic mass is 9.93. The van der Waals surface area contributed by atoms with Crippen LogP contribution in [-0.4, -0.2) is 37.6 Å². The van der Waals surface area contributed by atoms with E-state index in [0.717, 1.165) is 38.0 Å². The second-order valence-corrected chi connectivity index (χ2v) is 5.29. The van der Waals surface area contributed by atoms with Gasteiger partial charge in [-0.05, 0) is 32.2 Å². The van der Waals surface area contributed by atoms with E-state index < -0.39 is 11.5 Å². The van der Waals surface area contributed by atoms with Crippen LogP contribution in [0.15, 0.2) is 12.5 Å². The molecule has 1 saturated heterocycles. The van der Waals surface area contributed by atoms with Gasteiger partial charge in [0.1, 0.15) is 5.54 Å². The van der Waals surface area contributed by atoms with E-state index in [-0.39, 0.29) is 0 Å². The molecular weight excluding hydrogens is 242 g/mol. The molecule has 2 heterocycles. The van der Waals surface area contributed by atoms with E-state index in [4.69, 9.17) is 0 Å². The summed E-state index contributed by atoms with van der Waals surface area (Å²) in [6.07, 6.45) is 7.12. The number of carboxylic acid groups (broad SMARTS) is 1. The van der Waals surface area contributed by atoms with Gasteiger partial charge in [0, 0.05) is 19.3 Å². The van der Waals surface area contributed by atoms with Crippen LogP contribution in [-0.2, 0) is 17.9 Å². The maximum absolute atomic E-state index is 11.6. The first kappa shape index (κ1) is 14.1. The minimum Gasteiger partial charge on any atom is -0.480 e. The lowest BCUT2D eigenvalue weighted by Gasteiger charge is -2.33. The van der Waals surface area contributed by atoms with Crippen LogP contribution < -0.4 is 0 Å². The highest BCUT2D eigenvalue weighted by molar-refractivity contribution is 5.79. The van der Waals surface area contributed by atoms with Crippen molar-refractivity contribution in [1.29, 1.82) is 0 Å². The highest BCUT2D eigenvalue weighted by atomic mass is 16.4. The Kier molecular flexibility index (Phi) is 4.24. The number of aryl methyl sites for hydroxylation is 1. The van der Waals surface area contributed by atoms with E-state index in [1.54, 1.807) is 0 Å². The fraction of sp³-hybridized carbons (Fsp3) is 0.714. The Morgan fingerprint density at radius 3 is 2.95 bits per heavy atom. The molecule has 1 aromatic rings. The lowest BCUT2D eigenvalue weighted by Crippen LogP contribution is -2.49. The van der Waals surface area contributed by atoms with Crippen molar-refractivity contribution in [1.82, 2.24) is 14.5 Å². The fourth-order valence-electron chi connectivity index (χ4n) is 3.08. The Morgan fingerprint density at radius 2 is 2.32 bits per heavy atom.